The molecule has 0 aliphatic rings. The summed E-state index contributed by atoms with van der Waals surface area (Å²) in [6.45, 7) is 8.06. The van der Waals surface area contributed by atoms with E-state index in [2.05, 4.69) is 13.8 Å². The largest absolute Gasteiger partial charge is 1.00 e. The monoisotopic (exact) mass is 212 g/mol. The van der Waals surface area contributed by atoms with Gasteiger partial charge in [0, 0.05) is 24.0 Å². The predicted octanol–water partition coefficient (Wildman–Crippen LogP) is -1.15. The van der Waals surface area contributed by atoms with Crippen molar-refractivity contribution in [1.29, 1.82) is 0 Å². The van der Waals surface area contributed by atoms with Crippen molar-refractivity contribution in [2.75, 3.05) is 0 Å². The summed E-state index contributed by atoms with van der Waals surface area (Å²) < 4.78 is 10.2. The lowest BCUT2D eigenvalue weighted by atomic mass is 10.00. The maximum Gasteiger partial charge on any atom is 0.465 e. The average Bonchev–Trinajstić information content (AvgIpc) is 1.67. The average molecular weight is 213 g/mol. The van der Waals surface area contributed by atoms with Crippen LogP contribution in [0.4, 0.5) is 0 Å². The van der Waals surface area contributed by atoms with Gasteiger partial charge in [0.2, 0.25) is 4.75 Å². The molecule has 0 aliphatic heterocycles. The highest BCUT2D eigenvalue weighted by molar-refractivity contribution is 7.67. The zero-order valence-electron chi connectivity index (χ0n) is 6.27. The summed E-state index contributed by atoms with van der Waals surface area (Å²) in [6, 6.07) is 0. The SMILES string of the molecule is CC(C)C(C)(C)[S+]=O.[Br-]. The van der Waals surface area contributed by atoms with Crippen molar-refractivity contribution in [3.05, 3.63) is 0 Å². The molecule has 0 aromatic rings. The first kappa shape index (κ1) is 12.2. The van der Waals surface area contributed by atoms with E-state index in [4.69, 9.17) is 0 Å². The van der Waals surface area contributed by atoms with E-state index in [9.17, 15) is 4.21 Å². The highest BCUT2D eigenvalue weighted by atomic mass is 79.9. The molecule has 0 radical (unpaired) electrons. The molecule has 0 heterocycles. The Balaban J connectivity index is 0. The van der Waals surface area contributed by atoms with Gasteiger partial charge in [-0.05, 0) is 0 Å². The minimum absolute atomic E-state index is 0. The molecule has 9 heavy (non-hydrogen) atoms. The van der Waals surface area contributed by atoms with Crippen LogP contribution >= 0.6 is 0 Å². The van der Waals surface area contributed by atoms with Crippen LogP contribution in [0.25, 0.3) is 0 Å². The second-order valence-electron chi connectivity index (χ2n) is 2.84. The van der Waals surface area contributed by atoms with Crippen molar-refractivity contribution >= 4 is 11.7 Å². The van der Waals surface area contributed by atoms with Crippen LogP contribution in [-0.4, -0.2) is 4.75 Å². The molecule has 0 amide bonds. The maximum absolute atomic E-state index is 10.3. The van der Waals surface area contributed by atoms with E-state index in [-0.39, 0.29) is 21.7 Å². The Kier molecular flexibility index (Phi) is 5.88. The smallest absolute Gasteiger partial charge is 0.465 e. The highest BCUT2D eigenvalue weighted by Crippen LogP contribution is 2.16. The van der Waals surface area contributed by atoms with Crippen LogP contribution in [0.3, 0.4) is 0 Å². The summed E-state index contributed by atoms with van der Waals surface area (Å²) in [5.74, 6) is 0.463. The molecule has 0 rings (SSSR count). The number of hydrogen-bond donors (Lipinski definition) is 0. The van der Waals surface area contributed by atoms with Crippen LogP contribution in [-0.2, 0) is 15.9 Å². The van der Waals surface area contributed by atoms with Gasteiger partial charge in [-0.25, -0.2) is 0 Å². The van der Waals surface area contributed by atoms with Crippen molar-refractivity contribution in [3.63, 3.8) is 0 Å². The maximum atomic E-state index is 10.3. The van der Waals surface area contributed by atoms with Crippen LogP contribution in [0.2, 0.25) is 0 Å². The Bertz CT molecular complexity index is 91.1. The number of halogens is 1. The molecule has 0 unspecified atom stereocenters. The van der Waals surface area contributed by atoms with Gasteiger partial charge in [0.15, 0.2) is 0 Å². The van der Waals surface area contributed by atoms with Gasteiger partial charge in [-0.3, -0.25) is 0 Å². The summed E-state index contributed by atoms with van der Waals surface area (Å²) >= 11 is 0.685. The third kappa shape index (κ3) is 3.98. The summed E-state index contributed by atoms with van der Waals surface area (Å²) in [4.78, 5) is 0. The van der Waals surface area contributed by atoms with Crippen molar-refractivity contribution in [1.82, 2.24) is 0 Å². The first-order chi connectivity index (χ1) is 3.50. The zero-order chi connectivity index (χ0) is 6.78. The summed E-state index contributed by atoms with van der Waals surface area (Å²) in [6.07, 6.45) is 0. The second-order valence-corrected chi connectivity index (χ2v) is 4.06. The van der Waals surface area contributed by atoms with Crippen molar-refractivity contribution in [3.8, 4) is 0 Å². The fourth-order valence-electron chi connectivity index (χ4n) is 0.0962. The minimum atomic E-state index is -0.0972. The van der Waals surface area contributed by atoms with E-state index < -0.39 is 0 Å². The summed E-state index contributed by atoms with van der Waals surface area (Å²) in [7, 11) is 0. The molecule has 0 aliphatic carbocycles. The van der Waals surface area contributed by atoms with Gasteiger partial charge in [-0.15, -0.1) is 0 Å². The third-order valence-electron chi connectivity index (χ3n) is 1.61. The van der Waals surface area contributed by atoms with Crippen molar-refractivity contribution < 1.29 is 21.2 Å². The van der Waals surface area contributed by atoms with E-state index in [1.54, 1.807) is 0 Å². The molecule has 0 atom stereocenters. The van der Waals surface area contributed by atoms with Crippen LogP contribution in [0, 0.1) is 5.92 Å². The lowest BCUT2D eigenvalue weighted by molar-refractivity contribution is -0.00000308. The van der Waals surface area contributed by atoms with Crippen molar-refractivity contribution in [2.24, 2.45) is 5.92 Å². The van der Waals surface area contributed by atoms with Crippen molar-refractivity contribution in [2.45, 2.75) is 32.4 Å². The molecule has 3 heteroatoms. The van der Waals surface area contributed by atoms with Gasteiger partial charge >= 0.3 is 11.7 Å². The molecule has 1 nitrogen and oxygen atoms in total. The lowest BCUT2D eigenvalue weighted by Crippen LogP contribution is -3.00. The molecular formula is C6H13BrOS. The standard InChI is InChI=1S/C6H13OS.BrH/c1-5(2)6(3,4)8-7;/h5H,1-4H3;1H/q+1;/p-1. The quantitative estimate of drug-likeness (QED) is 0.529. The van der Waals surface area contributed by atoms with E-state index in [1.807, 2.05) is 13.8 Å². The van der Waals surface area contributed by atoms with Crippen LogP contribution in [0.1, 0.15) is 27.7 Å². The fraction of sp³-hybridized carbons (Fsp3) is 1.00. The Morgan fingerprint density at radius 3 is 1.67 bits per heavy atom. The van der Waals surface area contributed by atoms with Gasteiger partial charge in [0.25, 0.3) is 0 Å². The Morgan fingerprint density at radius 1 is 1.33 bits per heavy atom. The van der Waals surface area contributed by atoms with Gasteiger partial charge in [0.05, 0.1) is 0 Å². The van der Waals surface area contributed by atoms with E-state index in [1.165, 1.54) is 0 Å². The summed E-state index contributed by atoms with van der Waals surface area (Å²) in [5, 5.41) is 0. The predicted molar refractivity (Wildman–Crippen MR) is 37.0 cm³/mol. The topological polar surface area (TPSA) is 17.1 Å². The summed E-state index contributed by atoms with van der Waals surface area (Å²) in [5.41, 5.74) is 0. The number of hydrogen-bond acceptors (Lipinski definition) is 1. The minimum Gasteiger partial charge on any atom is -1.00 e. The molecule has 0 saturated heterocycles. The van der Waals surface area contributed by atoms with Gasteiger partial charge < -0.3 is 17.0 Å². The van der Waals surface area contributed by atoms with Gasteiger partial charge in [-0.2, -0.15) is 0 Å². The molecule has 0 fully saturated rings. The second kappa shape index (κ2) is 4.34. The molecule has 0 aromatic carbocycles. The normalized spacial score (nSPS) is 10.8. The molecule has 0 saturated carbocycles. The third-order valence-corrected chi connectivity index (χ3v) is 2.51. The first-order valence-corrected chi connectivity index (χ1v) is 3.56. The van der Waals surface area contributed by atoms with Crippen LogP contribution < -0.4 is 17.0 Å². The van der Waals surface area contributed by atoms with E-state index >= 15 is 0 Å². The number of rotatable bonds is 2. The Labute approximate surface area is 71.5 Å². The highest BCUT2D eigenvalue weighted by Gasteiger charge is 2.36. The molecular weight excluding hydrogens is 200 g/mol. The fourth-order valence-corrected chi connectivity index (χ4v) is 0.289. The van der Waals surface area contributed by atoms with Crippen LogP contribution in [0.15, 0.2) is 0 Å². The van der Waals surface area contributed by atoms with Gasteiger partial charge in [0.1, 0.15) is 0 Å². The Morgan fingerprint density at radius 2 is 1.67 bits per heavy atom. The van der Waals surface area contributed by atoms with E-state index in [0.29, 0.717) is 17.6 Å². The molecule has 0 N–H and O–H groups in total. The molecule has 56 valence electrons. The molecule has 0 spiro atoms. The Hall–Kier alpha value is 0.500. The first-order valence-electron chi connectivity index (χ1n) is 2.81. The molecule has 0 aromatic heterocycles. The van der Waals surface area contributed by atoms with Crippen LogP contribution in [0.5, 0.6) is 0 Å². The lowest BCUT2D eigenvalue weighted by Gasteiger charge is -2.07. The van der Waals surface area contributed by atoms with E-state index in [0.717, 1.165) is 0 Å². The zero-order valence-corrected chi connectivity index (χ0v) is 8.67. The van der Waals surface area contributed by atoms with Gasteiger partial charge in [-0.1, -0.05) is 13.8 Å². The molecule has 0 bridgehead atoms.